The number of carbonyl (C=O) groups is 1. The van der Waals surface area contributed by atoms with Gasteiger partial charge in [-0.25, -0.2) is 4.98 Å². The smallest absolute Gasteiger partial charge is 0.223 e. The maximum Gasteiger partial charge on any atom is 0.223 e. The van der Waals surface area contributed by atoms with Gasteiger partial charge < -0.3 is 11.1 Å². The van der Waals surface area contributed by atoms with E-state index >= 15 is 0 Å². The lowest BCUT2D eigenvalue weighted by molar-refractivity contribution is -0.127. The lowest BCUT2D eigenvalue weighted by atomic mass is 9.65. The molecule has 122 valence electrons. The van der Waals surface area contributed by atoms with Crippen LogP contribution in [0, 0.1) is 17.8 Å². The van der Waals surface area contributed by atoms with Crippen LogP contribution in [0.15, 0.2) is 5.38 Å². The first-order valence-electron chi connectivity index (χ1n) is 8.64. The first kappa shape index (κ1) is 15.9. The molecule has 0 aliphatic heterocycles. The first-order chi connectivity index (χ1) is 10.7. The molecule has 2 aliphatic rings. The van der Waals surface area contributed by atoms with Gasteiger partial charge >= 0.3 is 0 Å². The molecule has 2 aliphatic carbocycles. The highest BCUT2D eigenvalue weighted by Gasteiger charge is 2.40. The van der Waals surface area contributed by atoms with Gasteiger partial charge in [0.05, 0.1) is 10.7 Å². The van der Waals surface area contributed by atoms with Crippen LogP contribution < -0.4 is 11.1 Å². The molecule has 1 amide bonds. The molecule has 0 saturated heterocycles. The molecular weight excluding hydrogens is 294 g/mol. The minimum Gasteiger partial charge on any atom is -0.355 e. The normalized spacial score (nSPS) is 31.0. The summed E-state index contributed by atoms with van der Waals surface area (Å²) in [5.74, 6) is 1.54. The number of nitrogens with zero attached hydrogens (tertiary/aromatic N) is 1. The van der Waals surface area contributed by atoms with Crippen LogP contribution in [0.3, 0.4) is 0 Å². The molecule has 2 unspecified atom stereocenters. The van der Waals surface area contributed by atoms with Crippen molar-refractivity contribution in [2.75, 3.05) is 6.54 Å². The fraction of sp³-hybridized carbons (Fsp3) is 0.765. The van der Waals surface area contributed by atoms with Crippen LogP contribution in [-0.2, 0) is 17.6 Å². The second-order valence-electron chi connectivity index (χ2n) is 6.82. The van der Waals surface area contributed by atoms with Gasteiger partial charge in [-0.2, -0.15) is 0 Å². The van der Waals surface area contributed by atoms with Crippen molar-refractivity contribution < 1.29 is 4.79 Å². The summed E-state index contributed by atoms with van der Waals surface area (Å²) in [6.45, 7) is 2.82. The van der Waals surface area contributed by atoms with Crippen LogP contribution in [-0.4, -0.2) is 23.5 Å². The minimum absolute atomic E-state index is 0.178. The molecule has 2 atom stereocenters. The van der Waals surface area contributed by atoms with Gasteiger partial charge in [-0.15, -0.1) is 11.3 Å². The molecule has 3 rings (SSSR count). The number of nitrogens with two attached hydrogens (primary N) is 1. The van der Waals surface area contributed by atoms with Crippen LogP contribution in [0.4, 0.5) is 0 Å². The van der Waals surface area contributed by atoms with Crippen molar-refractivity contribution in [3.8, 4) is 0 Å². The minimum atomic E-state index is 0.178. The monoisotopic (exact) mass is 321 g/mol. The fourth-order valence-electron chi connectivity index (χ4n) is 4.09. The number of hydrogen-bond donors (Lipinski definition) is 2. The average molecular weight is 321 g/mol. The molecular formula is C17H27N3OS. The van der Waals surface area contributed by atoms with Crippen molar-refractivity contribution in [3.05, 3.63) is 16.1 Å². The second-order valence-corrected chi connectivity index (χ2v) is 7.77. The number of hydrogen-bond acceptors (Lipinski definition) is 4. The lowest BCUT2D eigenvalue weighted by Crippen LogP contribution is -2.49. The zero-order chi connectivity index (χ0) is 15.5. The number of aromatic nitrogens is 1. The molecule has 4 nitrogen and oxygen atoms in total. The second kappa shape index (κ2) is 7.09. The van der Waals surface area contributed by atoms with Crippen molar-refractivity contribution in [3.63, 3.8) is 0 Å². The average Bonchev–Trinajstić information content (AvgIpc) is 2.95. The van der Waals surface area contributed by atoms with E-state index in [0.717, 1.165) is 31.4 Å². The van der Waals surface area contributed by atoms with E-state index in [0.29, 0.717) is 24.4 Å². The van der Waals surface area contributed by atoms with Gasteiger partial charge in [-0.1, -0.05) is 13.3 Å². The summed E-state index contributed by atoms with van der Waals surface area (Å²) in [5.41, 5.74) is 7.40. The van der Waals surface area contributed by atoms with Crippen molar-refractivity contribution in [1.29, 1.82) is 0 Å². The molecule has 1 heterocycles. The Hall–Kier alpha value is -0.940. The van der Waals surface area contributed by atoms with Crippen LogP contribution in [0.1, 0.15) is 49.7 Å². The van der Waals surface area contributed by atoms with Gasteiger partial charge in [-0.05, 0) is 43.9 Å². The maximum absolute atomic E-state index is 12.4. The Balaban J connectivity index is 1.46. The molecule has 3 N–H and O–H groups in total. The third-order valence-electron chi connectivity index (χ3n) is 5.37. The molecule has 2 saturated carbocycles. The number of nitrogens with one attached hydrogen (secondary N) is 1. The van der Waals surface area contributed by atoms with Gasteiger partial charge in [0.1, 0.15) is 0 Å². The maximum atomic E-state index is 12.4. The number of fused-ring (bicyclic) bond motifs is 2. The Morgan fingerprint density at radius 1 is 1.41 bits per heavy atom. The quantitative estimate of drug-likeness (QED) is 0.875. The highest BCUT2D eigenvalue weighted by atomic mass is 32.1. The SMILES string of the molecule is CCc1nc(CCNC(=O)C2CC3CCCC(C2)C3N)cs1. The van der Waals surface area contributed by atoms with E-state index in [9.17, 15) is 4.79 Å². The summed E-state index contributed by atoms with van der Waals surface area (Å²) >= 11 is 1.71. The summed E-state index contributed by atoms with van der Waals surface area (Å²) in [5, 5.41) is 6.40. The number of thiazole rings is 1. The van der Waals surface area contributed by atoms with E-state index in [4.69, 9.17) is 5.73 Å². The molecule has 0 aromatic carbocycles. The molecule has 22 heavy (non-hydrogen) atoms. The van der Waals surface area contributed by atoms with E-state index in [2.05, 4.69) is 22.6 Å². The summed E-state index contributed by atoms with van der Waals surface area (Å²) in [6, 6.07) is 0.334. The largest absolute Gasteiger partial charge is 0.355 e. The van der Waals surface area contributed by atoms with Crippen molar-refractivity contribution in [2.24, 2.45) is 23.5 Å². The number of aryl methyl sites for hydroxylation is 1. The predicted molar refractivity (Wildman–Crippen MR) is 89.7 cm³/mol. The van der Waals surface area contributed by atoms with Gasteiger partial charge in [0.15, 0.2) is 0 Å². The molecule has 1 aromatic heterocycles. The fourth-order valence-corrected chi connectivity index (χ4v) is 4.87. The van der Waals surface area contributed by atoms with E-state index in [1.165, 1.54) is 24.3 Å². The lowest BCUT2D eigenvalue weighted by Gasteiger charge is -2.43. The number of rotatable bonds is 5. The Morgan fingerprint density at radius 3 is 2.77 bits per heavy atom. The van der Waals surface area contributed by atoms with Crippen LogP contribution in [0.25, 0.3) is 0 Å². The highest BCUT2D eigenvalue weighted by Crippen LogP contribution is 2.41. The van der Waals surface area contributed by atoms with Gasteiger partial charge in [0, 0.05) is 30.3 Å². The third-order valence-corrected chi connectivity index (χ3v) is 6.41. The predicted octanol–water partition coefficient (Wildman–Crippen LogP) is 2.52. The zero-order valence-electron chi connectivity index (χ0n) is 13.4. The standard InChI is InChI=1S/C17H27N3OS/c1-2-15-20-14(10-22-15)6-7-19-17(21)13-8-11-4-3-5-12(9-13)16(11)18/h10-13,16H,2-9,18H2,1H3,(H,19,21). The van der Waals surface area contributed by atoms with Gasteiger partial charge in [0.25, 0.3) is 0 Å². The summed E-state index contributed by atoms with van der Waals surface area (Å²) < 4.78 is 0. The van der Waals surface area contributed by atoms with Crippen LogP contribution in [0.5, 0.6) is 0 Å². The van der Waals surface area contributed by atoms with E-state index in [1.54, 1.807) is 11.3 Å². The molecule has 1 aromatic rings. The number of carbonyl (C=O) groups excluding carboxylic acids is 1. The molecule has 2 bridgehead atoms. The number of amides is 1. The zero-order valence-corrected chi connectivity index (χ0v) is 14.2. The van der Waals surface area contributed by atoms with Gasteiger partial charge in [-0.3, -0.25) is 4.79 Å². The third kappa shape index (κ3) is 3.51. The molecule has 5 heteroatoms. The summed E-state index contributed by atoms with van der Waals surface area (Å²) in [4.78, 5) is 17.0. The Labute approximate surface area is 136 Å². The molecule has 0 radical (unpaired) electrons. The van der Waals surface area contributed by atoms with Crippen LogP contribution >= 0.6 is 11.3 Å². The molecule has 0 spiro atoms. The molecule has 2 fully saturated rings. The van der Waals surface area contributed by atoms with E-state index in [-0.39, 0.29) is 11.8 Å². The van der Waals surface area contributed by atoms with Crippen molar-refractivity contribution >= 4 is 17.2 Å². The Kier molecular flexibility index (Phi) is 5.14. The van der Waals surface area contributed by atoms with Gasteiger partial charge in [0.2, 0.25) is 5.91 Å². The van der Waals surface area contributed by atoms with Crippen LogP contribution in [0.2, 0.25) is 0 Å². The Bertz CT molecular complexity index is 502. The van der Waals surface area contributed by atoms with E-state index < -0.39 is 0 Å². The highest BCUT2D eigenvalue weighted by molar-refractivity contribution is 7.09. The topological polar surface area (TPSA) is 68.0 Å². The van der Waals surface area contributed by atoms with Crippen molar-refractivity contribution in [2.45, 2.75) is 57.9 Å². The van der Waals surface area contributed by atoms with Crippen molar-refractivity contribution in [1.82, 2.24) is 10.3 Å². The Morgan fingerprint density at radius 2 is 2.14 bits per heavy atom. The summed E-state index contributed by atoms with van der Waals surface area (Å²) in [7, 11) is 0. The first-order valence-corrected chi connectivity index (χ1v) is 9.52. The van der Waals surface area contributed by atoms with E-state index in [1.807, 2.05) is 0 Å². The summed E-state index contributed by atoms with van der Waals surface area (Å²) in [6.07, 6.45) is 7.50.